The highest BCUT2D eigenvalue weighted by Crippen LogP contribution is 2.17. The quantitative estimate of drug-likeness (QED) is 0.347. The molecule has 0 amide bonds. The van der Waals surface area contributed by atoms with Crippen LogP contribution in [0.25, 0.3) is 0 Å². The molecule has 1 heterocycles. The molecule has 0 radical (unpaired) electrons. The average molecular weight is 356 g/mol. The Labute approximate surface area is 152 Å². The average Bonchev–Trinajstić information content (AvgIpc) is 3.12. The third-order valence-electron chi connectivity index (χ3n) is 3.75. The summed E-state index contributed by atoms with van der Waals surface area (Å²) in [4.78, 5) is 12.4. The van der Waals surface area contributed by atoms with Crippen LogP contribution >= 0.6 is 0 Å². The van der Waals surface area contributed by atoms with Crippen LogP contribution in [0.2, 0.25) is 5.82 Å². The van der Waals surface area contributed by atoms with E-state index in [0.29, 0.717) is 31.6 Å². The first-order chi connectivity index (χ1) is 12.7. The van der Waals surface area contributed by atoms with E-state index in [4.69, 9.17) is 20.4 Å². The lowest BCUT2D eigenvalue weighted by atomic mass is 9.76. The van der Waals surface area contributed by atoms with Gasteiger partial charge in [-0.2, -0.15) is 5.26 Å². The monoisotopic (exact) mass is 356 g/mol. The van der Waals surface area contributed by atoms with E-state index in [1.54, 1.807) is 4.68 Å². The van der Waals surface area contributed by atoms with Crippen molar-refractivity contribution in [3.63, 3.8) is 0 Å². The molecule has 0 saturated carbocycles. The predicted molar refractivity (Wildman–Crippen MR) is 93.6 cm³/mol. The Morgan fingerprint density at radius 2 is 2.19 bits per heavy atom. The number of rotatable bonds is 11. The van der Waals surface area contributed by atoms with Crippen molar-refractivity contribution in [1.82, 2.24) is 20.2 Å². The zero-order valence-electron chi connectivity index (χ0n) is 14.5. The second-order valence-electron chi connectivity index (χ2n) is 5.59. The van der Waals surface area contributed by atoms with Gasteiger partial charge in [-0.1, -0.05) is 30.3 Å². The summed E-state index contributed by atoms with van der Waals surface area (Å²) in [5, 5.41) is 20.1. The molecule has 0 aliphatic carbocycles. The second kappa shape index (κ2) is 11.0. The van der Waals surface area contributed by atoms with E-state index in [1.807, 2.05) is 30.3 Å². The zero-order chi connectivity index (χ0) is 18.6. The third-order valence-corrected chi connectivity index (χ3v) is 3.75. The number of aryl methyl sites for hydroxylation is 2. The topological polar surface area (TPSA) is 129 Å². The number of benzene rings is 1. The van der Waals surface area contributed by atoms with Crippen molar-refractivity contribution in [2.24, 2.45) is 5.73 Å². The first-order valence-corrected chi connectivity index (χ1v) is 8.35. The smallest absolute Gasteiger partial charge is 0.304 e. The number of carbonyl (C=O) groups is 1. The number of ether oxygens (including phenoxy) is 1. The molecule has 0 saturated heterocycles. The Hall–Kier alpha value is -2.77. The molecule has 0 spiro atoms. The van der Waals surface area contributed by atoms with E-state index in [9.17, 15) is 4.79 Å². The fourth-order valence-electron chi connectivity index (χ4n) is 2.36. The number of nitriles is 1. The van der Waals surface area contributed by atoms with Gasteiger partial charge < -0.3 is 15.1 Å². The molecular weight excluding hydrogens is 335 g/mol. The lowest BCUT2D eigenvalue weighted by Crippen LogP contribution is -2.23. The third kappa shape index (κ3) is 6.27. The summed E-state index contributed by atoms with van der Waals surface area (Å²) in [7, 11) is 0.171. The highest BCUT2D eigenvalue weighted by molar-refractivity contribution is 6.36. The van der Waals surface area contributed by atoms with Gasteiger partial charge in [0.25, 0.3) is 7.48 Å². The summed E-state index contributed by atoms with van der Waals surface area (Å²) in [5.74, 6) is -0.199. The van der Waals surface area contributed by atoms with Gasteiger partial charge >= 0.3 is 5.97 Å². The van der Waals surface area contributed by atoms with Crippen LogP contribution in [-0.2, 0) is 33.8 Å². The predicted octanol–water partition coefficient (Wildman–Crippen LogP) is 0.336. The number of aromatic nitrogens is 4. The van der Waals surface area contributed by atoms with Crippen LogP contribution in [-0.4, -0.2) is 40.4 Å². The van der Waals surface area contributed by atoms with E-state index in [0.717, 1.165) is 5.56 Å². The van der Waals surface area contributed by atoms with Gasteiger partial charge in [0, 0.05) is 6.42 Å². The van der Waals surface area contributed by atoms with Gasteiger partial charge in [0.2, 0.25) is 0 Å². The fourth-order valence-corrected chi connectivity index (χ4v) is 2.36. The lowest BCUT2D eigenvalue weighted by molar-refractivity contribution is -0.145. The second-order valence-corrected chi connectivity index (χ2v) is 5.59. The van der Waals surface area contributed by atoms with Gasteiger partial charge in [-0.05, 0) is 22.4 Å². The molecule has 1 aromatic carbocycles. The number of esters is 1. The minimum absolute atomic E-state index is 0.0301. The maximum atomic E-state index is 12.4. The normalized spacial score (nSPS) is 11.5. The minimum atomic E-state index is -0.469. The van der Waals surface area contributed by atoms with Crippen molar-refractivity contribution in [3.8, 4) is 6.07 Å². The van der Waals surface area contributed by atoms with Crippen molar-refractivity contribution in [2.45, 2.75) is 38.2 Å². The molecule has 1 unspecified atom stereocenters. The van der Waals surface area contributed by atoms with Crippen molar-refractivity contribution >= 4 is 13.5 Å². The molecule has 0 aliphatic rings. The Bertz CT molecular complexity index is 718. The number of hydrogen-bond acceptors (Lipinski definition) is 8. The number of nitrogens with two attached hydrogens (primary N) is 1. The summed E-state index contributed by atoms with van der Waals surface area (Å²) in [5.41, 5.74) is 6.29. The van der Waals surface area contributed by atoms with Crippen LogP contribution in [0.4, 0.5) is 0 Å². The van der Waals surface area contributed by atoms with E-state index in [2.05, 4.69) is 21.6 Å². The summed E-state index contributed by atoms with van der Waals surface area (Å²) in [6, 6.07) is 11.5. The number of hydrogen-bond donors (Lipinski definition) is 1. The molecular formula is C16H21BN6O3. The van der Waals surface area contributed by atoms with E-state index >= 15 is 0 Å². The maximum absolute atomic E-state index is 12.4. The Morgan fingerprint density at radius 3 is 2.92 bits per heavy atom. The standard InChI is InChI=1S/C16H21BN6O3/c18-9-4-10-23-15(20-21-22-23)8-7-14(17-26-12-19)16(24)25-11-13-5-2-1-3-6-13/h1-3,5-6,14,17H,4,7-8,10-12,19H2. The molecule has 0 bridgehead atoms. The molecule has 0 fully saturated rings. The first-order valence-electron chi connectivity index (χ1n) is 8.35. The molecule has 2 N–H and O–H groups in total. The van der Waals surface area contributed by atoms with E-state index < -0.39 is 5.82 Å². The van der Waals surface area contributed by atoms with Crippen LogP contribution < -0.4 is 5.73 Å². The molecule has 2 rings (SSSR count). The number of carbonyl (C=O) groups excluding carboxylic acids is 1. The Kier molecular flexibility index (Phi) is 8.25. The minimum Gasteiger partial charge on any atom is -0.461 e. The van der Waals surface area contributed by atoms with Crippen molar-refractivity contribution in [1.29, 1.82) is 5.26 Å². The Morgan fingerprint density at radius 1 is 1.38 bits per heavy atom. The van der Waals surface area contributed by atoms with Gasteiger partial charge in [0.1, 0.15) is 6.61 Å². The molecule has 136 valence electrons. The number of nitrogens with zero attached hydrogens (tertiary/aromatic N) is 5. The van der Waals surface area contributed by atoms with Crippen molar-refractivity contribution < 1.29 is 14.2 Å². The fraction of sp³-hybridized carbons (Fsp3) is 0.438. The summed E-state index contributed by atoms with van der Waals surface area (Å²) in [6.07, 6.45) is 1.24. The van der Waals surface area contributed by atoms with E-state index in [-0.39, 0.29) is 26.8 Å². The van der Waals surface area contributed by atoms with E-state index in [1.165, 1.54) is 0 Å². The molecule has 9 nitrogen and oxygen atoms in total. The molecule has 0 aliphatic heterocycles. The van der Waals surface area contributed by atoms with Crippen LogP contribution in [0.15, 0.2) is 30.3 Å². The lowest BCUT2D eigenvalue weighted by Gasteiger charge is -2.14. The van der Waals surface area contributed by atoms with Crippen molar-refractivity contribution in [2.75, 3.05) is 6.73 Å². The van der Waals surface area contributed by atoms with Crippen molar-refractivity contribution in [3.05, 3.63) is 41.7 Å². The van der Waals surface area contributed by atoms with Crippen LogP contribution in [0, 0.1) is 11.3 Å². The largest absolute Gasteiger partial charge is 0.461 e. The van der Waals surface area contributed by atoms with Gasteiger partial charge in [0.05, 0.1) is 31.6 Å². The van der Waals surface area contributed by atoms with Gasteiger partial charge in [0.15, 0.2) is 5.82 Å². The number of tetrazole rings is 1. The van der Waals surface area contributed by atoms with Gasteiger partial charge in [-0.25, -0.2) is 4.68 Å². The summed E-state index contributed by atoms with van der Waals surface area (Å²) >= 11 is 0. The van der Waals surface area contributed by atoms with Crippen LogP contribution in [0.1, 0.15) is 24.2 Å². The first kappa shape index (κ1) is 19.6. The summed E-state index contributed by atoms with van der Waals surface area (Å²) < 4.78 is 12.2. The van der Waals surface area contributed by atoms with Gasteiger partial charge in [-0.3, -0.25) is 4.79 Å². The molecule has 10 heteroatoms. The molecule has 26 heavy (non-hydrogen) atoms. The maximum Gasteiger partial charge on any atom is 0.304 e. The summed E-state index contributed by atoms with van der Waals surface area (Å²) in [6.45, 7) is 0.655. The zero-order valence-corrected chi connectivity index (χ0v) is 14.5. The molecule has 2 aromatic rings. The van der Waals surface area contributed by atoms with Gasteiger partial charge in [-0.15, -0.1) is 5.10 Å². The van der Waals surface area contributed by atoms with Crippen LogP contribution in [0.3, 0.4) is 0 Å². The van der Waals surface area contributed by atoms with Crippen LogP contribution in [0.5, 0.6) is 0 Å². The highest BCUT2D eigenvalue weighted by Gasteiger charge is 2.23. The molecule has 1 aromatic heterocycles. The Balaban J connectivity index is 1.90. The SMILES string of the molecule is N#CCCn1nnnc1CCC(BOCN)C(=O)OCc1ccccc1. The highest BCUT2D eigenvalue weighted by atomic mass is 16.5. The molecule has 1 atom stereocenters.